The van der Waals surface area contributed by atoms with Crippen molar-refractivity contribution in [2.24, 2.45) is 0 Å². The summed E-state index contributed by atoms with van der Waals surface area (Å²) in [7, 11) is -1.06. The Bertz CT molecular complexity index is 530. The Morgan fingerprint density at radius 2 is 2.00 bits per heavy atom. The van der Waals surface area contributed by atoms with Crippen LogP contribution in [0.1, 0.15) is 5.56 Å². The van der Waals surface area contributed by atoms with Crippen LogP contribution in [0.3, 0.4) is 0 Å². The summed E-state index contributed by atoms with van der Waals surface area (Å²) in [4.78, 5) is 11.0. The number of nitrogens with zero attached hydrogens (tertiary/aromatic N) is 1. The molecule has 0 saturated carbocycles. The molecule has 0 aliphatic heterocycles. The molecule has 0 aliphatic carbocycles. The van der Waals surface area contributed by atoms with Crippen LogP contribution in [0.25, 0.3) is 0 Å². The van der Waals surface area contributed by atoms with Crippen LogP contribution in [0.2, 0.25) is 0 Å². The summed E-state index contributed by atoms with van der Waals surface area (Å²) >= 11 is 3.34. The summed E-state index contributed by atoms with van der Waals surface area (Å²) < 4.78 is 30.0. The van der Waals surface area contributed by atoms with E-state index in [1.54, 1.807) is 0 Å². The Labute approximate surface area is 115 Å². The van der Waals surface area contributed by atoms with Crippen LogP contribution < -0.4 is 0 Å². The first-order valence-electron chi connectivity index (χ1n) is 5.11. The van der Waals surface area contributed by atoms with E-state index in [-0.39, 0.29) is 6.54 Å². The number of hydrogen-bond acceptors (Lipinski definition) is 4. The van der Waals surface area contributed by atoms with E-state index in [0.717, 1.165) is 21.5 Å². The van der Waals surface area contributed by atoms with Gasteiger partial charge in [0.1, 0.15) is 0 Å². The molecule has 0 bridgehead atoms. The van der Waals surface area contributed by atoms with E-state index in [1.807, 2.05) is 24.3 Å². The van der Waals surface area contributed by atoms with Crippen LogP contribution in [0.15, 0.2) is 28.7 Å². The number of esters is 1. The standard InChI is InChI=1S/C11H14BrNO4S/c1-13(18(15,16)8-11(14)17-2)7-9-5-3-4-6-10(9)12/h3-6H,7-8H2,1-2H3. The maximum absolute atomic E-state index is 11.8. The molecular weight excluding hydrogens is 322 g/mol. The lowest BCUT2D eigenvalue weighted by molar-refractivity contribution is -0.137. The fourth-order valence-electron chi connectivity index (χ4n) is 1.28. The van der Waals surface area contributed by atoms with Crippen LogP contribution in [-0.4, -0.2) is 38.6 Å². The molecule has 0 saturated heterocycles. The second-order valence-corrected chi connectivity index (χ2v) is 6.61. The van der Waals surface area contributed by atoms with E-state index in [2.05, 4.69) is 20.7 Å². The highest BCUT2D eigenvalue weighted by atomic mass is 79.9. The normalized spacial score (nSPS) is 11.6. The van der Waals surface area contributed by atoms with Gasteiger partial charge in [-0.3, -0.25) is 4.79 Å². The van der Waals surface area contributed by atoms with Crippen LogP contribution in [0.4, 0.5) is 0 Å². The summed E-state index contributed by atoms with van der Waals surface area (Å²) in [5, 5.41) is 0. The molecule has 0 amide bonds. The maximum Gasteiger partial charge on any atom is 0.322 e. The van der Waals surface area contributed by atoms with Crippen LogP contribution >= 0.6 is 15.9 Å². The highest BCUT2D eigenvalue weighted by molar-refractivity contribution is 9.10. The number of benzene rings is 1. The maximum atomic E-state index is 11.8. The van der Waals surface area contributed by atoms with Gasteiger partial charge >= 0.3 is 5.97 Å². The zero-order valence-electron chi connectivity index (χ0n) is 10.1. The van der Waals surface area contributed by atoms with Crippen molar-refractivity contribution >= 4 is 31.9 Å². The number of sulfonamides is 1. The van der Waals surface area contributed by atoms with Crippen molar-refractivity contribution in [3.63, 3.8) is 0 Å². The van der Waals surface area contributed by atoms with Gasteiger partial charge in [-0.25, -0.2) is 12.7 Å². The Balaban J connectivity index is 2.80. The van der Waals surface area contributed by atoms with Gasteiger partial charge in [0.15, 0.2) is 5.75 Å². The van der Waals surface area contributed by atoms with E-state index in [0.29, 0.717) is 0 Å². The highest BCUT2D eigenvalue weighted by Crippen LogP contribution is 2.18. The first kappa shape index (κ1) is 15.1. The predicted molar refractivity (Wildman–Crippen MR) is 71.4 cm³/mol. The molecular formula is C11H14BrNO4S. The molecule has 7 heteroatoms. The average Bonchev–Trinajstić information content (AvgIpc) is 2.31. The van der Waals surface area contributed by atoms with Crippen molar-refractivity contribution < 1.29 is 17.9 Å². The molecule has 0 aromatic heterocycles. The monoisotopic (exact) mass is 335 g/mol. The number of carbonyl (C=O) groups is 1. The molecule has 0 spiro atoms. The third-order valence-electron chi connectivity index (χ3n) is 2.35. The number of rotatable bonds is 5. The molecule has 0 fully saturated rings. The second kappa shape index (κ2) is 6.31. The van der Waals surface area contributed by atoms with Gasteiger partial charge in [-0.05, 0) is 11.6 Å². The number of halogens is 1. The van der Waals surface area contributed by atoms with E-state index in [1.165, 1.54) is 7.05 Å². The Morgan fingerprint density at radius 3 is 2.56 bits per heavy atom. The molecule has 1 aromatic carbocycles. The van der Waals surface area contributed by atoms with Crippen molar-refractivity contribution in [1.82, 2.24) is 4.31 Å². The first-order chi connectivity index (χ1) is 8.36. The molecule has 0 heterocycles. The smallest absolute Gasteiger partial charge is 0.322 e. The Hall–Kier alpha value is -0.920. The lowest BCUT2D eigenvalue weighted by atomic mass is 10.2. The van der Waals surface area contributed by atoms with E-state index in [9.17, 15) is 13.2 Å². The molecule has 0 aliphatic rings. The molecule has 100 valence electrons. The van der Waals surface area contributed by atoms with Gasteiger partial charge in [-0.2, -0.15) is 0 Å². The second-order valence-electron chi connectivity index (χ2n) is 3.68. The minimum Gasteiger partial charge on any atom is -0.468 e. The quantitative estimate of drug-likeness (QED) is 0.762. The van der Waals surface area contributed by atoms with Crippen molar-refractivity contribution in [2.75, 3.05) is 19.9 Å². The molecule has 5 nitrogen and oxygen atoms in total. The van der Waals surface area contributed by atoms with Crippen molar-refractivity contribution in [3.8, 4) is 0 Å². The topological polar surface area (TPSA) is 63.7 Å². The zero-order valence-corrected chi connectivity index (χ0v) is 12.5. The summed E-state index contributed by atoms with van der Waals surface area (Å²) in [6.07, 6.45) is 0. The SMILES string of the molecule is COC(=O)CS(=O)(=O)N(C)Cc1ccccc1Br. The lowest BCUT2D eigenvalue weighted by Crippen LogP contribution is -2.32. The highest BCUT2D eigenvalue weighted by Gasteiger charge is 2.23. The summed E-state index contributed by atoms with van der Waals surface area (Å²) in [5.41, 5.74) is 0.827. The molecule has 1 rings (SSSR count). The molecule has 0 unspecified atom stereocenters. The largest absolute Gasteiger partial charge is 0.468 e. The molecule has 0 atom stereocenters. The third kappa shape index (κ3) is 4.08. The fourth-order valence-corrected chi connectivity index (χ4v) is 2.66. The number of carbonyl (C=O) groups excluding carboxylic acids is 1. The molecule has 0 N–H and O–H groups in total. The van der Waals surface area contributed by atoms with Gasteiger partial charge in [-0.1, -0.05) is 34.1 Å². The van der Waals surface area contributed by atoms with Crippen molar-refractivity contribution in [1.29, 1.82) is 0 Å². The van der Waals surface area contributed by atoms with Crippen molar-refractivity contribution in [3.05, 3.63) is 34.3 Å². The van der Waals surface area contributed by atoms with Gasteiger partial charge in [0, 0.05) is 18.1 Å². The summed E-state index contributed by atoms with van der Waals surface area (Å²) in [6, 6.07) is 7.31. The summed E-state index contributed by atoms with van der Waals surface area (Å²) in [5.74, 6) is -1.42. The van der Waals surface area contributed by atoms with Crippen molar-refractivity contribution in [2.45, 2.75) is 6.54 Å². The number of methoxy groups -OCH3 is 1. The number of ether oxygens (including phenoxy) is 1. The minimum atomic E-state index is -3.65. The first-order valence-corrected chi connectivity index (χ1v) is 7.51. The molecule has 0 radical (unpaired) electrons. The van der Waals surface area contributed by atoms with Gasteiger partial charge < -0.3 is 4.74 Å². The van der Waals surface area contributed by atoms with Gasteiger partial charge in [0.2, 0.25) is 10.0 Å². The predicted octanol–water partition coefficient (Wildman–Crippen LogP) is 1.38. The molecule has 1 aromatic rings. The van der Waals surface area contributed by atoms with Gasteiger partial charge in [0.05, 0.1) is 7.11 Å². The number of hydrogen-bond donors (Lipinski definition) is 0. The Kier molecular flexibility index (Phi) is 5.30. The fraction of sp³-hybridized carbons (Fsp3) is 0.364. The average molecular weight is 336 g/mol. The summed E-state index contributed by atoms with van der Waals surface area (Å²) in [6.45, 7) is 0.195. The van der Waals surface area contributed by atoms with E-state index >= 15 is 0 Å². The Morgan fingerprint density at radius 1 is 1.39 bits per heavy atom. The third-order valence-corrected chi connectivity index (χ3v) is 4.81. The van der Waals surface area contributed by atoms with Crippen LogP contribution in [0.5, 0.6) is 0 Å². The van der Waals surface area contributed by atoms with E-state index in [4.69, 9.17) is 0 Å². The van der Waals surface area contributed by atoms with Gasteiger partial charge in [-0.15, -0.1) is 0 Å². The lowest BCUT2D eigenvalue weighted by Gasteiger charge is -2.17. The van der Waals surface area contributed by atoms with Crippen LogP contribution in [0, 0.1) is 0 Å². The molecule has 18 heavy (non-hydrogen) atoms. The van der Waals surface area contributed by atoms with Crippen LogP contribution in [-0.2, 0) is 26.1 Å². The minimum absolute atomic E-state index is 0.195. The van der Waals surface area contributed by atoms with E-state index < -0.39 is 21.7 Å². The van der Waals surface area contributed by atoms with Gasteiger partial charge in [0.25, 0.3) is 0 Å². The zero-order chi connectivity index (χ0) is 13.8.